The Morgan fingerprint density at radius 2 is 1.75 bits per heavy atom. The molecule has 0 aromatic heterocycles. The Morgan fingerprint density at radius 3 is 2.38 bits per heavy atom. The summed E-state index contributed by atoms with van der Waals surface area (Å²) < 4.78 is 39.2. The predicted octanol–water partition coefficient (Wildman–Crippen LogP) is 2.35. The fourth-order valence-corrected chi connectivity index (χ4v) is 3.31. The number of halogens is 3. The van der Waals surface area contributed by atoms with Gasteiger partial charge in [0.25, 0.3) is 5.91 Å². The zero-order chi connectivity index (χ0) is 17.2. The Balaban J connectivity index is 1.89. The molecule has 0 unspecified atom stereocenters. The van der Waals surface area contributed by atoms with E-state index in [0.717, 1.165) is 51.2 Å². The highest BCUT2D eigenvalue weighted by molar-refractivity contribution is 5.96. The van der Waals surface area contributed by atoms with Gasteiger partial charge in [0.05, 0.1) is 5.56 Å². The lowest BCUT2D eigenvalue weighted by Crippen LogP contribution is -2.43. The molecule has 1 aromatic carbocycles. The van der Waals surface area contributed by atoms with Crippen molar-refractivity contribution in [2.75, 3.05) is 39.3 Å². The molecule has 2 aliphatic heterocycles. The first-order valence-corrected chi connectivity index (χ1v) is 8.37. The normalized spacial score (nSPS) is 19.7. The molecular formula is C17H22F3N3O. The third-order valence-electron chi connectivity index (χ3n) is 4.66. The van der Waals surface area contributed by atoms with Gasteiger partial charge in [-0.15, -0.1) is 0 Å². The molecule has 0 saturated carbocycles. The molecule has 0 bridgehead atoms. The van der Waals surface area contributed by atoms with E-state index >= 15 is 0 Å². The molecule has 0 aliphatic carbocycles. The Hall–Kier alpha value is -1.60. The van der Waals surface area contributed by atoms with Crippen LogP contribution < -0.4 is 5.32 Å². The van der Waals surface area contributed by atoms with E-state index < -0.39 is 11.7 Å². The van der Waals surface area contributed by atoms with Gasteiger partial charge in [0.2, 0.25) is 0 Å². The number of nitrogens with one attached hydrogen (secondary N) is 1. The van der Waals surface area contributed by atoms with Crippen LogP contribution in [-0.2, 0) is 12.7 Å². The van der Waals surface area contributed by atoms with Crippen molar-refractivity contribution in [3.63, 3.8) is 0 Å². The summed E-state index contributed by atoms with van der Waals surface area (Å²) in [5.74, 6) is -0.147. The molecule has 132 valence electrons. The van der Waals surface area contributed by atoms with Crippen LogP contribution in [0.15, 0.2) is 18.2 Å². The molecule has 0 radical (unpaired) electrons. The highest BCUT2D eigenvalue weighted by atomic mass is 19.4. The second-order valence-corrected chi connectivity index (χ2v) is 6.40. The maximum atomic E-state index is 13.1. The molecule has 1 aromatic rings. The van der Waals surface area contributed by atoms with Gasteiger partial charge >= 0.3 is 6.18 Å². The third kappa shape index (κ3) is 3.89. The molecule has 2 fully saturated rings. The fraction of sp³-hybridized carbons (Fsp3) is 0.588. The van der Waals surface area contributed by atoms with Crippen molar-refractivity contribution in [1.82, 2.24) is 15.1 Å². The summed E-state index contributed by atoms with van der Waals surface area (Å²) in [5, 5.41) is 3.22. The molecule has 1 amide bonds. The first-order valence-electron chi connectivity index (χ1n) is 8.37. The molecular weight excluding hydrogens is 319 g/mol. The third-order valence-corrected chi connectivity index (χ3v) is 4.66. The number of benzene rings is 1. The van der Waals surface area contributed by atoms with E-state index in [1.807, 2.05) is 0 Å². The highest BCUT2D eigenvalue weighted by Crippen LogP contribution is 2.31. The van der Waals surface area contributed by atoms with Gasteiger partial charge in [0.1, 0.15) is 0 Å². The van der Waals surface area contributed by atoms with E-state index in [1.165, 1.54) is 6.07 Å². The maximum absolute atomic E-state index is 13.1. The van der Waals surface area contributed by atoms with Crippen molar-refractivity contribution in [3.8, 4) is 0 Å². The zero-order valence-electron chi connectivity index (χ0n) is 13.5. The number of piperazine rings is 1. The van der Waals surface area contributed by atoms with Gasteiger partial charge in [-0.1, -0.05) is 0 Å². The Morgan fingerprint density at radius 1 is 1.08 bits per heavy atom. The van der Waals surface area contributed by atoms with Crippen molar-refractivity contribution in [1.29, 1.82) is 0 Å². The standard InChI is InChI=1S/C17H22F3N3O/c18-17(19,20)14-3-4-15(16(24)23-7-1-2-8-23)13(11-14)12-22-9-5-21-6-10-22/h3-4,11,21H,1-2,5-10,12H2. The van der Waals surface area contributed by atoms with Gasteiger partial charge < -0.3 is 10.2 Å². The monoisotopic (exact) mass is 341 g/mol. The van der Waals surface area contributed by atoms with Gasteiger partial charge in [-0.25, -0.2) is 0 Å². The minimum atomic E-state index is -4.40. The van der Waals surface area contributed by atoms with Crippen LogP contribution in [0.2, 0.25) is 0 Å². The minimum absolute atomic E-state index is 0.147. The van der Waals surface area contributed by atoms with Crippen molar-refractivity contribution in [2.24, 2.45) is 0 Å². The van der Waals surface area contributed by atoms with Gasteiger partial charge in [-0.2, -0.15) is 13.2 Å². The second kappa shape index (κ2) is 7.11. The van der Waals surface area contributed by atoms with E-state index in [9.17, 15) is 18.0 Å². The van der Waals surface area contributed by atoms with Crippen molar-refractivity contribution in [3.05, 3.63) is 34.9 Å². The first kappa shape index (κ1) is 17.2. The van der Waals surface area contributed by atoms with E-state index in [1.54, 1.807) is 4.90 Å². The van der Waals surface area contributed by atoms with Crippen molar-refractivity contribution >= 4 is 5.91 Å². The summed E-state index contributed by atoms with van der Waals surface area (Å²) in [6.07, 6.45) is -2.48. The molecule has 3 rings (SSSR count). The van der Waals surface area contributed by atoms with Crippen molar-refractivity contribution < 1.29 is 18.0 Å². The number of carbonyl (C=O) groups is 1. The fourth-order valence-electron chi connectivity index (χ4n) is 3.31. The molecule has 1 N–H and O–H groups in total. The van der Waals surface area contributed by atoms with Crippen LogP contribution in [0.1, 0.15) is 34.3 Å². The van der Waals surface area contributed by atoms with Crippen LogP contribution in [0.25, 0.3) is 0 Å². The number of alkyl halides is 3. The Labute approximate surface area is 139 Å². The zero-order valence-corrected chi connectivity index (χ0v) is 13.5. The van der Waals surface area contributed by atoms with Gasteiger partial charge in [-0.3, -0.25) is 9.69 Å². The summed E-state index contributed by atoms with van der Waals surface area (Å²) in [4.78, 5) is 16.5. The highest BCUT2D eigenvalue weighted by Gasteiger charge is 2.32. The van der Waals surface area contributed by atoms with E-state index in [4.69, 9.17) is 0 Å². The van der Waals surface area contributed by atoms with Gasteiger partial charge in [0, 0.05) is 51.4 Å². The number of likely N-dealkylation sites (tertiary alicyclic amines) is 1. The molecule has 2 aliphatic rings. The lowest BCUT2D eigenvalue weighted by Gasteiger charge is -2.28. The van der Waals surface area contributed by atoms with E-state index in [0.29, 0.717) is 30.8 Å². The summed E-state index contributed by atoms with van der Waals surface area (Å²) in [6, 6.07) is 3.51. The molecule has 0 spiro atoms. The number of nitrogens with zero attached hydrogens (tertiary/aromatic N) is 2. The van der Waals surface area contributed by atoms with Crippen LogP contribution in [0.5, 0.6) is 0 Å². The average Bonchev–Trinajstić information content (AvgIpc) is 3.09. The maximum Gasteiger partial charge on any atom is 0.416 e. The summed E-state index contributed by atoms with van der Waals surface area (Å²) in [6.45, 7) is 4.92. The van der Waals surface area contributed by atoms with Crippen LogP contribution in [0, 0.1) is 0 Å². The second-order valence-electron chi connectivity index (χ2n) is 6.40. The number of amides is 1. The quantitative estimate of drug-likeness (QED) is 0.917. The van der Waals surface area contributed by atoms with Crippen LogP contribution >= 0.6 is 0 Å². The van der Waals surface area contributed by atoms with Gasteiger partial charge in [-0.05, 0) is 36.6 Å². The Bertz CT molecular complexity index is 591. The lowest BCUT2D eigenvalue weighted by molar-refractivity contribution is -0.137. The predicted molar refractivity (Wildman–Crippen MR) is 84.7 cm³/mol. The Kier molecular flexibility index (Phi) is 5.10. The smallest absolute Gasteiger partial charge is 0.339 e. The molecule has 2 saturated heterocycles. The topological polar surface area (TPSA) is 35.6 Å². The average molecular weight is 341 g/mol. The van der Waals surface area contributed by atoms with Crippen LogP contribution in [-0.4, -0.2) is 55.0 Å². The first-order chi connectivity index (χ1) is 11.4. The molecule has 4 nitrogen and oxygen atoms in total. The molecule has 7 heteroatoms. The molecule has 0 atom stereocenters. The summed E-state index contributed by atoms with van der Waals surface area (Å²) in [7, 11) is 0. The number of carbonyl (C=O) groups excluding carboxylic acids is 1. The van der Waals surface area contributed by atoms with E-state index in [2.05, 4.69) is 10.2 Å². The number of hydrogen-bond donors (Lipinski definition) is 1. The lowest BCUT2D eigenvalue weighted by atomic mass is 10.0. The summed E-state index contributed by atoms with van der Waals surface area (Å²) in [5.41, 5.74) is 0.192. The van der Waals surface area contributed by atoms with Gasteiger partial charge in [0.15, 0.2) is 0 Å². The van der Waals surface area contributed by atoms with Crippen LogP contribution in [0.3, 0.4) is 0 Å². The number of rotatable bonds is 3. The van der Waals surface area contributed by atoms with Crippen LogP contribution in [0.4, 0.5) is 13.2 Å². The SMILES string of the molecule is O=C(c1ccc(C(F)(F)F)cc1CN1CCNCC1)N1CCCC1. The van der Waals surface area contributed by atoms with E-state index in [-0.39, 0.29) is 5.91 Å². The molecule has 2 heterocycles. The largest absolute Gasteiger partial charge is 0.416 e. The molecule has 24 heavy (non-hydrogen) atoms. The summed E-state index contributed by atoms with van der Waals surface area (Å²) >= 11 is 0. The minimum Gasteiger partial charge on any atom is -0.339 e. The number of hydrogen-bond acceptors (Lipinski definition) is 3. The van der Waals surface area contributed by atoms with Crippen molar-refractivity contribution in [2.45, 2.75) is 25.6 Å².